The second-order valence-corrected chi connectivity index (χ2v) is 11.1. The number of nitrogens with two attached hydrogens (primary N) is 1. The van der Waals surface area contributed by atoms with Crippen molar-refractivity contribution in [1.29, 1.82) is 0 Å². The van der Waals surface area contributed by atoms with E-state index in [1.54, 1.807) is 11.0 Å². The number of fused-ring (bicyclic) bond motifs is 1. The number of hydrogen-bond acceptors (Lipinski definition) is 13. The van der Waals surface area contributed by atoms with Crippen LogP contribution in [0.4, 0.5) is 5.13 Å². The lowest BCUT2D eigenvalue weighted by Gasteiger charge is -2.49. The molecule has 0 spiro atoms. The molecule has 4 aliphatic heterocycles. The minimum atomic E-state index is -1.30. The molecular formula is C22H27N9O6S2. The Hall–Kier alpha value is -3.54. The van der Waals surface area contributed by atoms with Crippen LogP contribution in [0.1, 0.15) is 12.2 Å². The van der Waals surface area contributed by atoms with Crippen molar-refractivity contribution in [2.75, 3.05) is 57.3 Å². The first-order valence-corrected chi connectivity index (χ1v) is 14.1. The number of nitrogen functional groups attached to an aromatic ring is 1. The Morgan fingerprint density at radius 3 is 2.67 bits per heavy atom. The minimum absolute atomic E-state index is 0.0639. The molecule has 0 saturated carbocycles. The molecule has 0 aliphatic carbocycles. The van der Waals surface area contributed by atoms with Gasteiger partial charge >= 0.3 is 5.97 Å². The molecule has 39 heavy (non-hydrogen) atoms. The number of carbonyl (C=O) groups excluding carboxylic acids is 3. The van der Waals surface area contributed by atoms with Crippen molar-refractivity contribution in [2.24, 2.45) is 5.16 Å². The number of nitrogens with one attached hydrogen (secondary N) is 2. The zero-order valence-corrected chi connectivity index (χ0v) is 22.3. The highest BCUT2D eigenvalue weighted by Crippen LogP contribution is 2.41. The number of β-lactam (4-membered cyclic amide) rings is 1. The lowest BCUT2D eigenvalue weighted by atomic mass is 10.0. The molecule has 3 saturated heterocycles. The van der Waals surface area contributed by atoms with Crippen LogP contribution in [0, 0.1) is 0 Å². The number of thioether (sulfide) groups is 1. The molecule has 0 unspecified atom stereocenters. The summed E-state index contributed by atoms with van der Waals surface area (Å²) >= 11 is 2.07. The van der Waals surface area contributed by atoms with Gasteiger partial charge in [-0.25, -0.2) is 4.79 Å². The van der Waals surface area contributed by atoms with Crippen LogP contribution in [0.2, 0.25) is 0 Å². The van der Waals surface area contributed by atoms with E-state index >= 15 is 0 Å². The van der Waals surface area contributed by atoms with Crippen LogP contribution in [0.5, 0.6) is 0 Å². The summed E-state index contributed by atoms with van der Waals surface area (Å²) < 4.78 is 3.83. The van der Waals surface area contributed by atoms with E-state index in [-0.39, 0.29) is 28.3 Å². The largest absolute Gasteiger partial charge is 0.477 e. The van der Waals surface area contributed by atoms with Crippen molar-refractivity contribution in [3.63, 3.8) is 0 Å². The average Bonchev–Trinajstić information content (AvgIpc) is 3.51. The Balaban J connectivity index is 1.26. The lowest BCUT2D eigenvalue weighted by Crippen LogP contribution is -2.71. The molecule has 0 bridgehead atoms. The molecule has 1 aromatic rings. The Morgan fingerprint density at radius 2 is 2.00 bits per heavy atom. The standard InChI is InChI=1S/C22H27N9O6S2/c23-22-26-16(28-39-22)13(27-37)17(32)25-14-19(34)31-15(21(35)36)12(10-38-20(14)31)9-11-1-4-30(18(11)33)8-7-29-5-2-24-3-6-29/h9,14,20,24,37H,1-8,10H2,(H,25,32)(H,35,36)(H2,23,26,28)/t14-,20-/m1/s1. The fourth-order valence-electron chi connectivity index (χ4n) is 4.91. The third-order valence-corrected chi connectivity index (χ3v) is 8.76. The summed E-state index contributed by atoms with van der Waals surface area (Å²) in [4.78, 5) is 59.8. The van der Waals surface area contributed by atoms with Gasteiger partial charge in [0.05, 0.1) is 0 Å². The number of carbonyl (C=O) groups is 4. The second-order valence-electron chi connectivity index (χ2n) is 9.25. The van der Waals surface area contributed by atoms with Crippen molar-refractivity contribution < 1.29 is 29.5 Å². The van der Waals surface area contributed by atoms with Gasteiger partial charge in [-0.2, -0.15) is 9.36 Å². The van der Waals surface area contributed by atoms with E-state index in [0.717, 1.165) is 49.2 Å². The monoisotopic (exact) mass is 577 g/mol. The molecule has 5 rings (SSSR count). The van der Waals surface area contributed by atoms with Crippen molar-refractivity contribution in [1.82, 2.24) is 34.7 Å². The van der Waals surface area contributed by atoms with Gasteiger partial charge in [-0.1, -0.05) is 5.16 Å². The van der Waals surface area contributed by atoms with Gasteiger partial charge < -0.3 is 31.6 Å². The fraction of sp³-hybridized carbons (Fsp3) is 0.500. The van der Waals surface area contributed by atoms with E-state index in [9.17, 15) is 29.5 Å². The van der Waals surface area contributed by atoms with Crippen LogP contribution in [-0.4, -0.2) is 127 Å². The topological polar surface area (TPSA) is 207 Å². The number of carboxylic acids is 1. The van der Waals surface area contributed by atoms with Gasteiger partial charge in [-0.3, -0.25) is 24.2 Å². The van der Waals surface area contributed by atoms with Crippen molar-refractivity contribution in [2.45, 2.75) is 17.8 Å². The van der Waals surface area contributed by atoms with E-state index in [4.69, 9.17) is 5.73 Å². The first kappa shape index (κ1) is 27.0. The zero-order chi connectivity index (χ0) is 27.7. The summed E-state index contributed by atoms with van der Waals surface area (Å²) in [5.74, 6) is -2.92. The van der Waals surface area contributed by atoms with Crippen LogP contribution >= 0.6 is 23.3 Å². The van der Waals surface area contributed by atoms with Crippen molar-refractivity contribution in [3.8, 4) is 0 Å². The number of nitrogens with zero attached hydrogens (tertiary/aromatic N) is 6. The number of oxime groups is 1. The number of aromatic nitrogens is 2. The van der Waals surface area contributed by atoms with Crippen LogP contribution in [0.3, 0.4) is 0 Å². The van der Waals surface area contributed by atoms with Gasteiger partial charge in [-0.15, -0.1) is 11.8 Å². The lowest BCUT2D eigenvalue weighted by molar-refractivity contribution is -0.150. The Labute approximate surface area is 230 Å². The van der Waals surface area contributed by atoms with Crippen molar-refractivity contribution in [3.05, 3.63) is 28.7 Å². The Kier molecular flexibility index (Phi) is 7.83. The molecule has 17 heteroatoms. The van der Waals surface area contributed by atoms with Gasteiger partial charge in [0.2, 0.25) is 17.4 Å². The van der Waals surface area contributed by atoms with Gasteiger partial charge in [0.1, 0.15) is 17.1 Å². The highest BCUT2D eigenvalue weighted by Gasteiger charge is 2.54. The number of allylic oxidation sites excluding steroid dienone is 1. The van der Waals surface area contributed by atoms with Gasteiger partial charge in [0.15, 0.2) is 5.13 Å². The summed E-state index contributed by atoms with van der Waals surface area (Å²) in [6.45, 7) is 5.68. The predicted molar refractivity (Wildman–Crippen MR) is 141 cm³/mol. The number of amides is 3. The number of aliphatic carboxylic acids is 1. The van der Waals surface area contributed by atoms with Crippen LogP contribution < -0.4 is 16.4 Å². The first-order chi connectivity index (χ1) is 18.8. The van der Waals surface area contributed by atoms with E-state index < -0.39 is 34.9 Å². The highest BCUT2D eigenvalue weighted by molar-refractivity contribution is 8.00. The molecule has 0 aromatic carbocycles. The smallest absolute Gasteiger partial charge is 0.352 e. The molecule has 0 radical (unpaired) electrons. The average molecular weight is 578 g/mol. The van der Waals surface area contributed by atoms with Crippen molar-refractivity contribution >= 4 is 57.8 Å². The second kappa shape index (κ2) is 11.3. The maximum atomic E-state index is 13.0. The minimum Gasteiger partial charge on any atom is -0.477 e. The third kappa shape index (κ3) is 5.34. The van der Waals surface area contributed by atoms with Crippen LogP contribution in [0.25, 0.3) is 0 Å². The van der Waals surface area contributed by atoms with E-state index in [1.165, 1.54) is 11.8 Å². The summed E-state index contributed by atoms with van der Waals surface area (Å²) in [6.07, 6.45) is 2.09. The molecule has 15 nitrogen and oxygen atoms in total. The molecular weight excluding hydrogens is 550 g/mol. The van der Waals surface area contributed by atoms with Crippen LogP contribution in [-0.2, 0) is 19.2 Å². The maximum absolute atomic E-state index is 13.0. The van der Waals surface area contributed by atoms with E-state index in [2.05, 4.69) is 30.0 Å². The number of piperazine rings is 1. The molecule has 3 amide bonds. The molecule has 1 aromatic heterocycles. The number of rotatable bonds is 8. The van der Waals surface area contributed by atoms with Crippen LogP contribution in [0.15, 0.2) is 28.1 Å². The van der Waals surface area contributed by atoms with Gasteiger partial charge in [0.25, 0.3) is 11.8 Å². The molecule has 3 fully saturated rings. The summed E-state index contributed by atoms with van der Waals surface area (Å²) in [5.41, 5.74) is 5.67. The fourth-order valence-corrected chi connectivity index (χ4v) is 6.65. The Morgan fingerprint density at radius 1 is 1.23 bits per heavy atom. The molecule has 208 valence electrons. The van der Waals surface area contributed by atoms with E-state index in [0.29, 0.717) is 30.7 Å². The quantitative estimate of drug-likeness (QED) is 0.0755. The third-order valence-electron chi connectivity index (χ3n) is 6.91. The molecule has 5 heterocycles. The first-order valence-electron chi connectivity index (χ1n) is 12.2. The summed E-state index contributed by atoms with van der Waals surface area (Å²) in [6, 6.07) is -1.05. The highest BCUT2D eigenvalue weighted by atomic mass is 32.2. The SMILES string of the molecule is Nc1nc(C(=NO)C(=O)N[C@@H]2C(=O)N3C(C(=O)O)=C(C=C4CCN(CCN5CCNCC5)C4=O)CS[C@H]23)ns1. The normalized spacial score (nSPS) is 25.2. The number of carboxylic acid groups (broad SMARTS) is 1. The Bertz CT molecular complexity index is 1290. The summed E-state index contributed by atoms with van der Waals surface area (Å²) in [7, 11) is 0. The predicted octanol–water partition coefficient (Wildman–Crippen LogP) is -1.90. The van der Waals surface area contributed by atoms with Gasteiger partial charge in [0, 0.05) is 68.7 Å². The number of likely N-dealkylation sites (tertiary alicyclic amines) is 1. The molecule has 2 atom stereocenters. The van der Waals surface area contributed by atoms with E-state index in [1.807, 2.05) is 0 Å². The number of hydrogen-bond donors (Lipinski definition) is 5. The summed E-state index contributed by atoms with van der Waals surface area (Å²) in [5, 5.41) is 27.3. The molecule has 4 aliphatic rings. The maximum Gasteiger partial charge on any atom is 0.352 e. The number of anilines is 1. The molecule has 6 N–H and O–H groups in total. The van der Waals surface area contributed by atoms with Gasteiger partial charge in [-0.05, 0) is 18.1 Å². The zero-order valence-electron chi connectivity index (χ0n) is 20.7.